The lowest BCUT2D eigenvalue weighted by Gasteiger charge is -2.05. The quantitative estimate of drug-likeness (QED) is 0.730. The number of nitrogens with one attached hydrogen (secondary N) is 1. The average molecular weight is 273 g/mol. The van der Waals surface area contributed by atoms with E-state index in [2.05, 4.69) is 44.8 Å². The minimum absolute atomic E-state index is 0.700. The molecule has 3 heterocycles. The molecule has 0 unspecified atom stereocenters. The van der Waals surface area contributed by atoms with Crippen LogP contribution in [0.5, 0.6) is 0 Å². The summed E-state index contributed by atoms with van der Waals surface area (Å²) in [5, 5.41) is 8.60. The van der Waals surface area contributed by atoms with Crippen LogP contribution < -0.4 is 5.32 Å². The lowest BCUT2D eigenvalue weighted by atomic mass is 10.2. The third kappa shape index (κ3) is 1.91. The summed E-state index contributed by atoms with van der Waals surface area (Å²) < 4.78 is 0. The van der Waals surface area contributed by atoms with E-state index >= 15 is 0 Å². The van der Waals surface area contributed by atoms with Crippen LogP contribution in [0.3, 0.4) is 0 Å². The second-order valence-corrected chi connectivity index (χ2v) is 5.50. The standard InChI is InChI=1S/C13H11N3S2/c1-2-5-14-12-11-9(10-4-3-6-17-10)7-18-13(11)16-8-15-12/h2-4,6-8H,1,5H2,(H,14,15,16). The van der Waals surface area contributed by atoms with Crippen molar-refractivity contribution in [2.75, 3.05) is 11.9 Å². The number of thiophene rings is 2. The van der Waals surface area contributed by atoms with Crippen LogP contribution in [-0.2, 0) is 0 Å². The molecule has 3 nitrogen and oxygen atoms in total. The molecule has 3 aromatic heterocycles. The van der Waals surface area contributed by atoms with Gasteiger partial charge in [-0.1, -0.05) is 12.1 Å². The van der Waals surface area contributed by atoms with Crippen LogP contribution in [0.4, 0.5) is 5.82 Å². The molecule has 5 heteroatoms. The van der Waals surface area contributed by atoms with Gasteiger partial charge in [0.05, 0.1) is 5.39 Å². The van der Waals surface area contributed by atoms with Gasteiger partial charge >= 0.3 is 0 Å². The zero-order valence-electron chi connectivity index (χ0n) is 9.59. The Hall–Kier alpha value is -1.72. The molecular weight excluding hydrogens is 262 g/mol. The van der Waals surface area contributed by atoms with E-state index in [-0.39, 0.29) is 0 Å². The van der Waals surface area contributed by atoms with Crippen molar-refractivity contribution < 1.29 is 0 Å². The van der Waals surface area contributed by atoms with Gasteiger partial charge in [-0.05, 0) is 11.4 Å². The third-order valence-corrected chi connectivity index (χ3v) is 4.36. The van der Waals surface area contributed by atoms with E-state index < -0.39 is 0 Å². The van der Waals surface area contributed by atoms with Crippen LogP contribution >= 0.6 is 22.7 Å². The molecule has 3 aromatic rings. The van der Waals surface area contributed by atoms with E-state index in [1.54, 1.807) is 29.0 Å². The molecule has 0 saturated carbocycles. The van der Waals surface area contributed by atoms with Gasteiger partial charge in [-0.15, -0.1) is 29.3 Å². The van der Waals surface area contributed by atoms with Gasteiger partial charge in [0.25, 0.3) is 0 Å². The summed E-state index contributed by atoms with van der Waals surface area (Å²) in [7, 11) is 0. The molecular formula is C13H11N3S2. The van der Waals surface area contributed by atoms with Crippen LogP contribution in [0.15, 0.2) is 41.9 Å². The van der Waals surface area contributed by atoms with E-state index in [0.717, 1.165) is 16.0 Å². The fourth-order valence-corrected chi connectivity index (χ4v) is 3.52. The lowest BCUT2D eigenvalue weighted by molar-refractivity contribution is 1.19. The molecule has 0 radical (unpaired) electrons. The Bertz CT molecular complexity index is 671. The number of nitrogens with zero attached hydrogens (tertiary/aromatic N) is 2. The summed E-state index contributed by atoms with van der Waals surface area (Å²) in [6.45, 7) is 4.41. The first-order valence-electron chi connectivity index (χ1n) is 5.51. The largest absolute Gasteiger partial charge is 0.366 e. The highest BCUT2D eigenvalue weighted by atomic mass is 32.1. The average Bonchev–Trinajstić information content (AvgIpc) is 3.04. The van der Waals surface area contributed by atoms with Gasteiger partial charge in [0, 0.05) is 22.4 Å². The minimum Gasteiger partial charge on any atom is -0.366 e. The topological polar surface area (TPSA) is 37.8 Å². The molecule has 3 rings (SSSR count). The van der Waals surface area contributed by atoms with Gasteiger partial charge < -0.3 is 5.32 Å². The van der Waals surface area contributed by atoms with Crippen molar-refractivity contribution >= 4 is 38.7 Å². The Kier molecular flexibility index (Phi) is 3.08. The fourth-order valence-electron chi connectivity index (χ4n) is 1.79. The monoisotopic (exact) mass is 273 g/mol. The molecule has 90 valence electrons. The van der Waals surface area contributed by atoms with Crippen LogP contribution in [0, 0.1) is 0 Å². The predicted molar refractivity (Wildman–Crippen MR) is 79.4 cm³/mol. The van der Waals surface area contributed by atoms with Gasteiger partial charge in [0.15, 0.2) is 0 Å². The van der Waals surface area contributed by atoms with Crippen molar-refractivity contribution in [1.82, 2.24) is 9.97 Å². The molecule has 0 saturated heterocycles. The Morgan fingerprint density at radius 2 is 2.28 bits per heavy atom. The summed E-state index contributed by atoms with van der Waals surface area (Å²) in [5.74, 6) is 0.879. The van der Waals surface area contributed by atoms with Gasteiger partial charge in [-0.2, -0.15) is 0 Å². The van der Waals surface area contributed by atoms with Crippen LogP contribution in [-0.4, -0.2) is 16.5 Å². The first-order valence-corrected chi connectivity index (χ1v) is 7.27. The molecule has 18 heavy (non-hydrogen) atoms. The van der Waals surface area contributed by atoms with Gasteiger partial charge in [-0.3, -0.25) is 0 Å². The van der Waals surface area contributed by atoms with E-state index in [0.29, 0.717) is 6.54 Å². The maximum Gasteiger partial charge on any atom is 0.139 e. The Labute approximate surface area is 113 Å². The molecule has 0 fully saturated rings. The number of fused-ring (bicyclic) bond motifs is 1. The van der Waals surface area contributed by atoms with Crippen LogP contribution in [0.2, 0.25) is 0 Å². The number of aromatic nitrogens is 2. The van der Waals surface area contributed by atoms with E-state index in [1.807, 2.05) is 6.08 Å². The first kappa shape index (κ1) is 11.4. The second kappa shape index (κ2) is 4.88. The SMILES string of the molecule is C=CCNc1ncnc2scc(-c3cccs3)c12. The number of anilines is 1. The Balaban J connectivity index is 2.18. The zero-order chi connectivity index (χ0) is 12.4. The zero-order valence-corrected chi connectivity index (χ0v) is 11.2. The van der Waals surface area contributed by atoms with Crippen molar-refractivity contribution in [3.63, 3.8) is 0 Å². The number of hydrogen-bond acceptors (Lipinski definition) is 5. The van der Waals surface area contributed by atoms with E-state index in [9.17, 15) is 0 Å². The second-order valence-electron chi connectivity index (χ2n) is 3.70. The Morgan fingerprint density at radius 1 is 1.33 bits per heavy atom. The van der Waals surface area contributed by atoms with Gasteiger partial charge in [0.1, 0.15) is 17.0 Å². The van der Waals surface area contributed by atoms with Crippen LogP contribution in [0.1, 0.15) is 0 Å². The minimum atomic E-state index is 0.700. The molecule has 0 amide bonds. The van der Waals surface area contributed by atoms with Crippen molar-refractivity contribution in [3.8, 4) is 10.4 Å². The van der Waals surface area contributed by atoms with Gasteiger partial charge in [-0.25, -0.2) is 9.97 Å². The molecule has 1 N–H and O–H groups in total. The molecule has 0 aliphatic carbocycles. The van der Waals surface area contributed by atoms with Crippen LogP contribution in [0.25, 0.3) is 20.7 Å². The maximum atomic E-state index is 4.33. The smallest absolute Gasteiger partial charge is 0.139 e. The van der Waals surface area contributed by atoms with E-state index in [4.69, 9.17) is 0 Å². The summed E-state index contributed by atoms with van der Waals surface area (Å²) in [4.78, 5) is 10.9. The summed E-state index contributed by atoms with van der Waals surface area (Å²) in [6, 6.07) is 4.18. The molecule has 0 spiro atoms. The molecule has 0 bridgehead atoms. The van der Waals surface area contributed by atoms with Gasteiger partial charge in [0.2, 0.25) is 0 Å². The Morgan fingerprint density at radius 3 is 3.06 bits per heavy atom. The molecule has 0 atom stereocenters. The van der Waals surface area contributed by atoms with Crippen molar-refractivity contribution in [1.29, 1.82) is 0 Å². The molecule has 0 aromatic carbocycles. The van der Waals surface area contributed by atoms with E-state index in [1.165, 1.54) is 10.4 Å². The first-order chi connectivity index (χ1) is 8.90. The highest BCUT2D eigenvalue weighted by Gasteiger charge is 2.12. The lowest BCUT2D eigenvalue weighted by Crippen LogP contribution is -2.00. The highest BCUT2D eigenvalue weighted by Crippen LogP contribution is 2.38. The summed E-state index contributed by atoms with van der Waals surface area (Å²) >= 11 is 3.38. The summed E-state index contributed by atoms with van der Waals surface area (Å²) in [5.41, 5.74) is 1.21. The van der Waals surface area contributed by atoms with Crippen molar-refractivity contribution in [3.05, 3.63) is 41.9 Å². The van der Waals surface area contributed by atoms with Crippen molar-refractivity contribution in [2.24, 2.45) is 0 Å². The van der Waals surface area contributed by atoms with Crippen molar-refractivity contribution in [2.45, 2.75) is 0 Å². The maximum absolute atomic E-state index is 4.33. The predicted octanol–water partition coefficient (Wildman–Crippen LogP) is 4.02. The summed E-state index contributed by atoms with van der Waals surface area (Å²) in [6.07, 6.45) is 3.42. The fraction of sp³-hybridized carbons (Fsp3) is 0.0769. The normalized spacial score (nSPS) is 10.7. The third-order valence-electron chi connectivity index (χ3n) is 2.57. The molecule has 0 aliphatic rings. The number of hydrogen-bond donors (Lipinski definition) is 1. The highest BCUT2D eigenvalue weighted by molar-refractivity contribution is 7.18. The molecule has 0 aliphatic heterocycles. The number of rotatable bonds is 4.